The summed E-state index contributed by atoms with van der Waals surface area (Å²) in [6.45, 7) is 8.02. The summed E-state index contributed by atoms with van der Waals surface area (Å²) < 4.78 is 6.45. The third-order valence-corrected chi connectivity index (χ3v) is 3.06. The maximum Gasteiger partial charge on any atom is 0.277 e. The Hall–Kier alpha value is -1.36. The Bertz CT molecular complexity index is 499. The molecule has 20 heavy (non-hydrogen) atoms. The third-order valence-electron chi connectivity index (χ3n) is 2.57. The molecule has 1 amide bonds. The first-order valence-electron chi connectivity index (χ1n) is 6.59. The minimum atomic E-state index is -0.254. The van der Waals surface area contributed by atoms with Crippen LogP contribution in [-0.2, 0) is 4.79 Å². The summed E-state index contributed by atoms with van der Waals surface area (Å²) in [6.07, 6.45) is 0.868. The van der Waals surface area contributed by atoms with Crippen molar-refractivity contribution >= 4 is 27.5 Å². The number of benzene rings is 1. The molecule has 0 saturated heterocycles. The molecule has 0 aliphatic heterocycles. The van der Waals surface area contributed by atoms with Gasteiger partial charge in [-0.25, -0.2) is 5.43 Å². The summed E-state index contributed by atoms with van der Waals surface area (Å²) >= 11 is 3.38. The first kappa shape index (κ1) is 16.7. The van der Waals surface area contributed by atoms with Gasteiger partial charge in [0.25, 0.3) is 5.91 Å². The fourth-order valence-corrected chi connectivity index (χ4v) is 2.22. The van der Waals surface area contributed by atoms with Crippen LogP contribution in [-0.4, -0.2) is 18.2 Å². The van der Waals surface area contributed by atoms with E-state index in [1.54, 1.807) is 0 Å². The van der Waals surface area contributed by atoms with Crippen molar-refractivity contribution < 1.29 is 9.53 Å². The van der Waals surface area contributed by atoms with E-state index in [4.69, 9.17) is 4.74 Å². The van der Waals surface area contributed by atoms with E-state index in [-0.39, 0.29) is 12.5 Å². The summed E-state index contributed by atoms with van der Waals surface area (Å²) in [5.41, 5.74) is 4.39. The number of rotatable bonds is 6. The van der Waals surface area contributed by atoms with E-state index in [1.165, 1.54) is 0 Å². The molecule has 0 unspecified atom stereocenters. The van der Waals surface area contributed by atoms with Crippen molar-refractivity contribution in [3.8, 4) is 5.75 Å². The molecule has 0 aromatic heterocycles. The predicted octanol–water partition coefficient (Wildman–Crippen LogP) is 3.67. The minimum Gasteiger partial charge on any atom is -0.483 e. The van der Waals surface area contributed by atoms with Crippen LogP contribution in [0.25, 0.3) is 0 Å². The number of carbonyl (C=O) groups is 1. The Morgan fingerprint density at radius 3 is 2.75 bits per heavy atom. The van der Waals surface area contributed by atoms with Gasteiger partial charge in [-0.1, -0.05) is 29.8 Å². The van der Waals surface area contributed by atoms with Gasteiger partial charge in [0.15, 0.2) is 6.61 Å². The first-order valence-corrected chi connectivity index (χ1v) is 7.38. The molecule has 0 atom stereocenters. The Balaban J connectivity index is 2.43. The molecule has 0 bridgehead atoms. The van der Waals surface area contributed by atoms with Crippen LogP contribution in [0, 0.1) is 12.8 Å². The molecule has 0 spiro atoms. The van der Waals surface area contributed by atoms with Gasteiger partial charge in [0.1, 0.15) is 5.75 Å². The lowest BCUT2D eigenvalue weighted by Crippen LogP contribution is -2.25. The molecule has 1 N–H and O–H groups in total. The number of hydrogen-bond acceptors (Lipinski definition) is 3. The highest BCUT2D eigenvalue weighted by Gasteiger charge is 2.05. The summed E-state index contributed by atoms with van der Waals surface area (Å²) in [4.78, 5) is 11.6. The Morgan fingerprint density at radius 2 is 2.15 bits per heavy atom. The van der Waals surface area contributed by atoms with Crippen molar-refractivity contribution in [2.24, 2.45) is 11.0 Å². The zero-order chi connectivity index (χ0) is 15.1. The molecule has 0 radical (unpaired) electrons. The molecule has 4 nitrogen and oxygen atoms in total. The smallest absolute Gasteiger partial charge is 0.277 e. The Kier molecular flexibility index (Phi) is 6.71. The lowest BCUT2D eigenvalue weighted by atomic mass is 10.1. The molecule has 0 saturated carbocycles. The number of halogens is 1. The summed E-state index contributed by atoms with van der Waals surface area (Å²) in [5.74, 6) is 0.971. The molecule has 1 rings (SSSR count). The number of amides is 1. The number of aryl methyl sites for hydroxylation is 1. The van der Waals surface area contributed by atoms with Crippen molar-refractivity contribution in [1.82, 2.24) is 5.43 Å². The number of carbonyl (C=O) groups excluding carboxylic acids is 1. The van der Waals surface area contributed by atoms with Crippen LogP contribution in [0.2, 0.25) is 0 Å². The SMILES string of the molecule is CC(CC(C)C)=NNC(=O)COc1ccc(Br)cc1C. The molecule has 110 valence electrons. The van der Waals surface area contributed by atoms with Gasteiger partial charge >= 0.3 is 0 Å². The van der Waals surface area contributed by atoms with Crippen LogP contribution in [0.15, 0.2) is 27.8 Å². The van der Waals surface area contributed by atoms with Crippen LogP contribution >= 0.6 is 15.9 Å². The van der Waals surface area contributed by atoms with E-state index in [0.717, 1.165) is 22.2 Å². The van der Waals surface area contributed by atoms with Crippen molar-refractivity contribution in [3.63, 3.8) is 0 Å². The highest BCUT2D eigenvalue weighted by Crippen LogP contribution is 2.21. The third kappa shape index (κ3) is 6.19. The topological polar surface area (TPSA) is 50.7 Å². The van der Waals surface area contributed by atoms with E-state index in [0.29, 0.717) is 11.7 Å². The summed E-state index contributed by atoms with van der Waals surface area (Å²) in [7, 11) is 0. The molecule has 0 heterocycles. The van der Waals surface area contributed by atoms with Gasteiger partial charge < -0.3 is 4.74 Å². The second-order valence-electron chi connectivity index (χ2n) is 5.18. The molecule has 1 aromatic rings. The quantitative estimate of drug-likeness (QED) is 0.634. The standard InChI is InChI=1S/C15H21BrN2O2/c1-10(2)7-12(4)17-18-15(19)9-20-14-6-5-13(16)8-11(14)3/h5-6,8,10H,7,9H2,1-4H3,(H,18,19). The Labute approximate surface area is 128 Å². The van der Waals surface area contributed by atoms with Crippen molar-refractivity contribution in [2.45, 2.75) is 34.1 Å². The monoisotopic (exact) mass is 340 g/mol. The number of hydrazone groups is 1. The molecule has 0 aliphatic carbocycles. The van der Waals surface area contributed by atoms with E-state index in [2.05, 4.69) is 40.3 Å². The molecule has 1 aromatic carbocycles. The van der Waals surface area contributed by atoms with E-state index >= 15 is 0 Å². The van der Waals surface area contributed by atoms with Gasteiger partial charge in [0.2, 0.25) is 0 Å². The second kappa shape index (κ2) is 8.04. The molecular weight excluding hydrogens is 320 g/mol. The second-order valence-corrected chi connectivity index (χ2v) is 6.09. The van der Waals surface area contributed by atoms with Crippen LogP contribution in [0.5, 0.6) is 5.75 Å². The zero-order valence-corrected chi connectivity index (χ0v) is 14.0. The number of hydrogen-bond donors (Lipinski definition) is 1. The van der Waals surface area contributed by atoms with Gasteiger partial charge in [-0.3, -0.25) is 4.79 Å². The predicted molar refractivity (Wildman–Crippen MR) is 85.1 cm³/mol. The zero-order valence-electron chi connectivity index (χ0n) is 12.4. The van der Waals surface area contributed by atoms with Gasteiger partial charge in [0.05, 0.1) is 0 Å². The van der Waals surface area contributed by atoms with Gasteiger partial charge in [-0.15, -0.1) is 0 Å². The molecule has 5 heteroatoms. The fraction of sp³-hybridized carbons (Fsp3) is 0.467. The van der Waals surface area contributed by atoms with Crippen molar-refractivity contribution in [3.05, 3.63) is 28.2 Å². The molecule has 0 aliphatic rings. The molecule has 0 fully saturated rings. The van der Waals surface area contributed by atoms with Crippen molar-refractivity contribution in [1.29, 1.82) is 0 Å². The highest BCUT2D eigenvalue weighted by atomic mass is 79.9. The van der Waals surface area contributed by atoms with Crippen molar-refractivity contribution in [2.75, 3.05) is 6.61 Å². The average Bonchev–Trinajstić information content (AvgIpc) is 2.34. The van der Waals surface area contributed by atoms with Crippen LogP contribution < -0.4 is 10.2 Å². The minimum absolute atomic E-state index is 0.0407. The van der Waals surface area contributed by atoms with Gasteiger partial charge in [-0.05, 0) is 49.9 Å². The van der Waals surface area contributed by atoms with E-state index in [1.807, 2.05) is 32.0 Å². The average molecular weight is 341 g/mol. The summed E-state index contributed by atoms with van der Waals surface area (Å²) in [5, 5.41) is 4.04. The van der Waals surface area contributed by atoms with E-state index < -0.39 is 0 Å². The van der Waals surface area contributed by atoms with Crippen LogP contribution in [0.1, 0.15) is 32.8 Å². The number of nitrogens with zero attached hydrogens (tertiary/aromatic N) is 1. The summed E-state index contributed by atoms with van der Waals surface area (Å²) in [6, 6.07) is 5.66. The first-order chi connectivity index (χ1) is 9.38. The highest BCUT2D eigenvalue weighted by molar-refractivity contribution is 9.10. The van der Waals surface area contributed by atoms with Gasteiger partial charge in [0, 0.05) is 10.2 Å². The van der Waals surface area contributed by atoms with Crippen LogP contribution in [0.4, 0.5) is 0 Å². The fourth-order valence-electron chi connectivity index (χ4n) is 1.74. The van der Waals surface area contributed by atoms with E-state index in [9.17, 15) is 4.79 Å². The maximum atomic E-state index is 11.6. The lowest BCUT2D eigenvalue weighted by molar-refractivity contribution is -0.123. The largest absolute Gasteiger partial charge is 0.483 e. The Morgan fingerprint density at radius 1 is 1.45 bits per heavy atom. The maximum absolute atomic E-state index is 11.6. The van der Waals surface area contributed by atoms with Crippen LogP contribution in [0.3, 0.4) is 0 Å². The number of ether oxygens (including phenoxy) is 1. The lowest BCUT2D eigenvalue weighted by Gasteiger charge is -2.09. The normalized spacial score (nSPS) is 11.6. The number of nitrogens with one attached hydrogen (secondary N) is 1. The molecular formula is C15H21BrN2O2. The van der Waals surface area contributed by atoms with Gasteiger partial charge in [-0.2, -0.15) is 5.10 Å².